The summed E-state index contributed by atoms with van der Waals surface area (Å²) in [6, 6.07) is 2.50. The van der Waals surface area contributed by atoms with E-state index in [1.165, 1.54) is 19.4 Å². The van der Waals surface area contributed by atoms with E-state index >= 15 is 0 Å². The van der Waals surface area contributed by atoms with E-state index in [1.54, 1.807) is 6.92 Å². The van der Waals surface area contributed by atoms with Gasteiger partial charge in [0.25, 0.3) is 0 Å². The number of carbonyl (C=O) groups is 1. The summed E-state index contributed by atoms with van der Waals surface area (Å²) in [6.45, 7) is 6.06. The highest BCUT2D eigenvalue weighted by Crippen LogP contribution is 2.20. The van der Waals surface area contributed by atoms with E-state index in [0.717, 1.165) is 18.7 Å². The lowest BCUT2D eigenvalue weighted by Crippen LogP contribution is -2.30. The number of H-pyrrole nitrogens is 1. The fourth-order valence-corrected chi connectivity index (χ4v) is 2.44. The summed E-state index contributed by atoms with van der Waals surface area (Å²) >= 11 is 0. The zero-order chi connectivity index (χ0) is 11.5. The monoisotopic (exact) mass is 221 g/mol. The average molecular weight is 221 g/mol. The first-order chi connectivity index (χ1) is 7.70. The summed E-state index contributed by atoms with van der Waals surface area (Å²) in [6.07, 6.45) is 3.52. The van der Waals surface area contributed by atoms with Crippen molar-refractivity contribution in [2.24, 2.45) is 0 Å². The first kappa shape index (κ1) is 11.3. The van der Waals surface area contributed by atoms with Crippen LogP contribution in [0.5, 0.6) is 0 Å². The minimum absolute atomic E-state index is 0.0290. The maximum Gasteiger partial charge on any atom is 0.179 e. The molecule has 1 aromatic heterocycles. The molecule has 1 aliphatic heterocycles. The van der Waals surface area contributed by atoms with Gasteiger partial charge in [-0.15, -0.1) is 0 Å². The molecule has 0 saturated carbocycles. The molecule has 1 N–H and O–H groups in total. The van der Waals surface area contributed by atoms with Crippen molar-refractivity contribution in [1.29, 1.82) is 0 Å². The Morgan fingerprint density at radius 1 is 1.69 bits per heavy atom. The third-order valence-electron chi connectivity index (χ3n) is 3.35. The van der Waals surface area contributed by atoms with Crippen LogP contribution < -0.4 is 0 Å². The lowest BCUT2D eigenvalue weighted by Gasteiger charge is -2.21. The van der Waals surface area contributed by atoms with Gasteiger partial charge in [-0.25, -0.2) is 0 Å². The molecule has 0 radical (unpaired) electrons. The van der Waals surface area contributed by atoms with E-state index in [2.05, 4.69) is 22.0 Å². The minimum Gasteiger partial charge on any atom is -0.300 e. The molecular formula is C12H19N3O. The Morgan fingerprint density at radius 2 is 2.50 bits per heavy atom. The smallest absolute Gasteiger partial charge is 0.179 e. The number of carbonyl (C=O) groups excluding carboxylic acids is 1. The number of aromatic nitrogens is 2. The van der Waals surface area contributed by atoms with Gasteiger partial charge in [-0.1, -0.05) is 6.92 Å². The molecule has 0 aliphatic carbocycles. The van der Waals surface area contributed by atoms with Gasteiger partial charge in [-0.2, -0.15) is 5.10 Å². The molecule has 0 spiro atoms. The highest BCUT2D eigenvalue weighted by molar-refractivity contribution is 5.92. The molecule has 88 valence electrons. The van der Waals surface area contributed by atoms with Crippen molar-refractivity contribution in [3.8, 4) is 0 Å². The lowest BCUT2D eigenvalue weighted by atomic mass is 10.1. The maximum absolute atomic E-state index is 11.1. The van der Waals surface area contributed by atoms with Gasteiger partial charge in [0, 0.05) is 25.1 Å². The molecular weight excluding hydrogens is 202 g/mol. The van der Waals surface area contributed by atoms with Crippen LogP contribution in [0.2, 0.25) is 0 Å². The molecule has 0 amide bonds. The van der Waals surface area contributed by atoms with Crippen LogP contribution in [-0.2, 0) is 6.42 Å². The third kappa shape index (κ3) is 2.32. The van der Waals surface area contributed by atoms with Crippen molar-refractivity contribution in [3.05, 3.63) is 17.5 Å². The number of hydrogen-bond acceptors (Lipinski definition) is 3. The van der Waals surface area contributed by atoms with E-state index in [-0.39, 0.29) is 5.78 Å². The van der Waals surface area contributed by atoms with Gasteiger partial charge < -0.3 is 4.90 Å². The zero-order valence-electron chi connectivity index (χ0n) is 9.99. The highest BCUT2D eigenvalue weighted by atomic mass is 16.1. The molecule has 1 fully saturated rings. The van der Waals surface area contributed by atoms with Crippen LogP contribution in [0.25, 0.3) is 0 Å². The average Bonchev–Trinajstić information content (AvgIpc) is 2.87. The van der Waals surface area contributed by atoms with Crippen LogP contribution in [0.1, 0.15) is 42.9 Å². The summed E-state index contributed by atoms with van der Waals surface area (Å²) in [5, 5.41) is 6.98. The van der Waals surface area contributed by atoms with Gasteiger partial charge >= 0.3 is 0 Å². The van der Waals surface area contributed by atoms with Gasteiger partial charge in [0.2, 0.25) is 0 Å². The number of likely N-dealkylation sites (tertiary alicyclic amines) is 1. The largest absolute Gasteiger partial charge is 0.300 e. The van der Waals surface area contributed by atoms with Gasteiger partial charge in [0.1, 0.15) is 5.69 Å². The van der Waals surface area contributed by atoms with Crippen molar-refractivity contribution >= 4 is 5.78 Å². The number of nitrogens with one attached hydrogen (secondary N) is 1. The lowest BCUT2D eigenvalue weighted by molar-refractivity contribution is 0.101. The Hall–Kier alpha value is -1.16. The molecule has 16 heavy (non-hydrogen) atoms. The Balaban J connectivity index is 2.00. The predicted molar refractivity (Wildman–Crippen MR) is 62.6 cm³/mol. The first-order valence-corrected chi connectivity index (χ1v) is 6.00. The fourth-order valence-electron chi connectivity index (χ4n) is 2.44. The van der Waals surface area contributed by atoms with Gasteiger partial charge in [0.05, 0.1) is 0 Å². The Labute approximate surface area is 96.0 Å². The predicted octanol–water partition coefficient (Wildman–Crippen LogP) is 1.64. The van der Waals surface area contributed by atoms with E-state index in [9.17, 15) is 4.79 Å². The summed E-state index contributed by atoms with van der Waals surface area (Å²) in [4.78, 5) is 13.6. The van der Waals surface area contributed by atoms with Crippen LogP contribution >= 0.6 is 0 Å². The molecule has 0 bridgehead atoms. The summed E-state index contributed by atoms with van der Waals surface area (Å²) in [5.74, 6) is 0.0290. The van der Waals surface area contributed by atoms with Gasteiger partial charge in [-0.05, 0) is 32.0 Å². The molecule has 1 aromatic rings. The molecule has 4 nitrogen and oxygen atoms in total. The summed E-state index contributed by atoms with van der Waals surface area (Å²) in [5.41, 5.74) is 1.63. The van der Waals surface area contributed by atoms with Crippen LogP contribution in [0.4, 0.5) is 0 Å². The standard InChI is InChI=1S/C12H19N3O/c1-3-15-6-4-5-11(15)7-10-8-12(9(2)16)14-13-10/h8,11H,3-7H2,1-2H3,(H,13,14). The molecule has 1 aliphatic rings. The van der Waals surface area contributed by atoms with E-state index in [0.29, 0.717) is 11.7 Å². The van der Waals surface area contributed by atoms with Crippen LogP contribution in [0.15, 0.2) is 6.07 Å². The van der Waals surface area contributed by atoms with Crippen molar-refractivity contribution in [2.75, 3.05) is 13.1 Å². The van der Waals surface area contributed by atoms with E-state index < -0.39 is 0 Å². The zero-order valence-corrected chi connectivity index (χ0v) is 9.99. The number of Topliss-reactive ketones (excluding diaryl/α,β-unsaturated/α-hetero) is 1. The van der Waals surface area contributed by atoms with Crippen molar-refractivity contribution in [3.63, 3.8) is 0 Å². The first-order valence-electron chi connectivity index (χ1n) is 6.00. The van der Waals surface area contributed by atoms with Crippen molar-refractivity contribution in [2.45, 2.75) is 39.2 Å². The van der Waals surface area contributed by atoms with Crippen molar-refractivity contribution in [1.82, 2.24) is 15.1 Å². The summed E-state index contributed by atoms with van der Waals surface area (Å²) < 4.78 is 0. The van der Waals surface area contributed by atoms with E-state index in [1.807, 2.05) is 6.07 Å². The molecule has 1 unspecified atom stereocenters. The third-order valence-corrected chi connectivity index (χ3v) is 3.35. The Morgan fingerprint density at radius 3 is 3.12 bits per heavy atom. The number of likely N-dealkylation sites (N-methyl/N-ethyl adjacent to an activating group) is 1. The molecule has 2 heterocycles. The Bertz CT molecular complexity index is 372. The second-order valence-corrected chi connectivity index (χ2v) is 4.46. The van der Waals surface area contributed by atoms with E-state index in [4.69, 9.17) is 0 Å². The normalized spacial score (nSPS) is 21.5. The molecule has 2 rings (SSSR count). The van der Waals surface area contributed by atoms with Crippen LogP contribution in [0, 0.1) is 0 Å². The van der Waals surface area contributed by atoms with Gasteiger partial charge in [-0.3, -0.25) is 9.89 Å². The molecule has 1 atom stereocenters. The second kappa shape index (κ2) is 4.78. The number of nitrogens with zero attached hydrogens (tertiary/aromatic N) is 2. The molecule has 1 saturated heterocycles. The van der Waals surface area contributed by atoms with Crippen LogP contribution in [0.3, 0.4) is 0 Å². The minimum atomic E-state index is 0.0290. The number of rotatable bonds is 4. The number of ketones is 1. The molecule has 4 heteroatoms. The summed E-state index contributed by atoms with van der Waals surface area (Å²) in [7, 11) is 0. The fraction of sp³-hybridized carbons (Fsp3) is 0.667. The number of hydrogen-bond donors (Lipinski definition) is 1. The Kier molecular flexibility index (Phi) is 3.39. The molecule has 0 aromatic carbocycles. The quantitative estimate of drug-likeness (QED) is 0.786. The van der Waals surface area contributed by atoms with Gasteiger partial charge in [0.15, 0.2) is 5.78 Å². The second-order valence-electron chi connectivity index (χ2n) is 4.46. The van der Waals surface area contributed by atoms with Crippen molar-refractivity contribution < 1.29 is 4.79 Å². The van der Waals surface area contributed by atoms with Crippen LogP contribution in [-0.4, -0.2) is 40.0 Å². The highest BCUT2D eigenvalue weighted by Gasteiger charge is 2.23. The topological polar surface area (TPSA) is 49.0 Å². The maximum atomic E-state index is 11.1. The number of aromatic amines is 1. The SMILES string of the molecule is CCN1CCCC1Cc1cc(C(C)=O)n[nH]1.